The third kappa shape index (κ3) is 0.0735. The van der Waals surface area contributed by atoms with E-state index in [0.717, 1.165) is 5.92 Å². The second-order valence-corrected chi connectivity index (χ2v) is 1.65. The highest BCUT2D eigenvalue weighted by Gasteiger charge is 2.31. The van der Waals surface area contributed by atoms with Crippen LogP contribution in [0.2, 0.25) is 0 Å². The van der Waals surface area contributed by atoms with Crippen LogP contribution in [0.1, 0.15) is 6.42 Å². The van der Waals surface area contributed by atoms with Gasteiger partial charge in [0, 0.05) is 5.92 Å². The molecule has 0 bridgehead atoms. The molecule has 0 heteroatoms. The summed E-state index contributed by atoms with van der Waals surface area (Å²) in [5.74, 6) is 0.912. The van der Waals surface area contributed by atoms with E-state index in [2.05, 4.69) is 11.8 Å². The lowest BCUT2D eigenvalue weighted by Crippen LogP contribution is -1.64. The largest absolute Gasteiger partial charge is 0.125 e. The number of hydrogen-bond acceptors (Lipinski definition) is 0. The molecule has 2 rings (SSSR count). The minimum Gasteiger partial charge on any atom is -0.125 e. The fourth-order valence-corrected chi connectivity index (χ4v) is 0.615. The van der Waals surface area contributed by atoms with Gasteiger partial charge in [-0.05, 0) is 18.1 Å². The summed E-state index contributed by atoms with van der Waals surface area (Å²) in [6, 6.07) is 0. The average molecular weight is 64.1 g/mol. The minimum atomic E-state index is 0.912. The van der Waals surface area contributed by atoms with Crippen molar-refractivity contribution in [3.63, 3.8) is 0 Å². The van der Waals surface area contributed by atoms with Gasteiger partial charge < -0.3 is 0 Å². The Hall–Kier alpha value is -0.480. The molecule has 2 aliphatic carbocycles. The topological polar surface area (TPSA) is 0 Å². The zero-order valence-electron chi connectivity index (χ0n) is 2.86. The normalized spacial score (nSPS) is 38.4. The molecule has 0 heterocycles. The van der Waals surface area contributed by atoms with Gasteiger partial charge in [0.15, 0.2) is 0 Å². The Bertz CT molecular complexity index is 125. The van der Waals surface area contributed by atoms with E-state index in [1.807, 2.05) is 0 Å². The van der Waals surface area contributed by atoms with Crippen LogP contribution < -0.4 is 0 Å². The van der Waals surface area contributed by atoms with Crippen molar-refractivity contribution >= 4 is 0 Å². The van der Waals surface area contributed by atoms with Crippen LogP contribution >= 0.6 is 0 Å². The summed E-state index contributed by atoms with van der Waals surface area (Å²) in [4.78, 5) is 0. The lowest BCUT2D eigenvalue weighted by atomic mass is 10.3. The van der Waals surface area contributed by atoms with Crippen molar-refractivity contribution in [1.29, 1.82) is 0 Å². The predicted octanol–water partition coefficient (Wildman–Crippen LogP) is 1.10. The molecule has 2 aliphatic rings. The lowest BCUT2D eigenvalue weighted by molar-refractivity contribution is 1.14. The van der Waals surface area contributed by atoms with Gasteiger partial charge in [-0.2, -0.15) is 0 Å². The third-order valence-electron chi connectivity index (χ3n) is 1.20. The maximum absolute atomic E-state index is 3.07. The van der Waals surface area contributed by atoms with E-state index in [1.165, 1.54) is 6.42 Å². The number of hydrogen-bond donors (Lipinski definition) is 0. The molecule has 0 nitrogen and oxygen atoms in total. The van der Waals surface area contributed by atoms with Crippen molar-refractivity contribution < 1.29 is 0 Å². The van der Waals surface area contributed by atoms with E-state index in [1.54, 1.807) is 5.57 Å². The molecular weight excluding hydrogens is 60.1 g/mol. The fourth-order valence-electron chi connectivity index (χ4n) is 0.615. The molecule has 1 saturated carbocycles. The van der Waals surface area contributed by atoms with Crippen LogP contribution in [-0.2, 0) is 0 Å². The van der Waals surface area contributed by atoms with Gasteiger partial charge in [0.25, 0.3) is 0 Å². The second-order valence-electron chi connectivity index (χ2n) is 1.65. The molecule has 1 unspecified atom stereocenters. The molecule has 5 heavy (non-hydrogen) atoms. The molecule has 0 spiro atoms. The number of allylic oxidation sites excluding steroid dienone is 1. The summed E-state index contributed by atoms with van der Waals surface area (Å²) >= 11 is 0. The van der Waals surface area contributed by atoms with E-state index in [0.29, 0.717) is 0 Å². The van der Waals surface area contributed by atoms with Crippen LogP contribution in [0.25, 0.3) is 0 Å². The van der Waals surface area contributed by atoms with Crippen molar-refractivity contribution in [2.24, 2.45) is 5.92 Å². The Morgan fingerprint density at radius 2 is 2.80 bits per heavy atom. The van der Waals surface area contributed by atoms with Crippen molar-refractivity contribution in [2.45, 2.75) is 6.42 Å². The number of fused-ring (bicyclic) bond motifs is 1. The Labute approximate surface area is 30.8 Å². The maximum Gasteiger partial charge on any atom is 0.0172 e. The quantitative estimate of drug-likeness (QED) is 0.370. The molecule has 0 N–H and O–H groups in total. The highest BCUT2D eigenvalue weighted by Crippen LogP contribution is 2.43. The van der Waals surface area contributed by atoms with Gasteiger partial charge in [-0.1, -0.05) is 0 Å². The van der Waals surface area contributed by atoms with E-state index in [-0.39, 0.29) is 0 Å². The molecule has 24 valence electrons. The molecule has 0 aromatic heterocycles. The maximum atomic E-state index is 3.07. The van der Waals surface area contributed by atoms with Crippen LogP contribution in [-0.4, -0.2) is 0 Å². The summed E-state index contributed by atoms with van der Waals surface area (Å²) in [6.07, 6.45) is 3.47. The third-order valence-corrected chi connectivity index (χ3v) is 1.20. The summed E-state index contributed by atoms with van der Waals surface area (Å²) in [5.41, 5.74) is 4.62. The van der Waals surface area contributed by atoms with Gasteiger partial charge in [-0.3, -0.25) is 0 Å². The second kappa shape index (κ2) is 0.308. The van der Waals surface area contributed by atoms with Gasteiger partial charge in [0.1, 0.15) is 0 Å². The first-order chi connectivity index (χ1) is 2.47. The summed E-state index contributed by atoms with van der Waals surface area (Å²) in [5, 5.41) is 0. The zero-order chi connectivity index (χ0) is 3.28. The van der Waals surface area contributed by atoms with Gasteiger partial charge in [-0.15, -0.1) is 5.73 Å². The Balaban J connectivity index is 2.81. The first kappa shape index (κ1) is 1.84. The van der Waals surface area contributed by atoms with Crippen molar-refractivity contribution in [1.82, 2.24) is 0 Å². The van der Waals surface area contributed by atoms with E-state index >= 15 is 0 Å². The predicted molar refractivity (Wildman–Crippen MR) is 19.7 cm³/mol. The first-order valence-electron chi connectivity index (χ1n) is 1.92. The first-order valence-corrected chi connectivity index (χ1v) is 1.92. The SMILES string of the molecule is C1=CC2CC=12. The molecule has 1 fully saturated rings. The van der Waals surface area contributed by atoms with Crippen molar-refractivity contribution in [3.05, 3.63) is 17.4 Å². The van der Waals surface area contributed by atoms with Crippen LogP contribution in [0.3, 0.4) is 0 Å². The van der Waals surface area contributed by atoms with E-state index < -0.39 is 0 Å². The van der Waals surface area contributed by atoms with Gasteiger partial charge in [0.2, 0.25) is 0 Å². The van der Waals surface area contributed by atoms with Crippen LogP contribution in [0.4, 0.5) is 0 Å². The van der Waals surface area contributed by atoms with Crippen LogP contribution in [0.15, 0.2) is 17.4 Å². The lowest BCUT2D eigenvalue weighted by Gasteiger charge is -1.77. The van der Waals surface area contributed by atoms with Crippen LogP contribution in [0.5, 0.6) is 0 Å². The van der Waals surface area contributed by atoms with Gasteiger partial charge >= 0.3 is 0 Å². The molecule has 0 radical (unpaired) electrons. The van der Waals surface area contributed by atoms with Crippen molar-refractivity contribution in [2.75, 3.05) is 0 Å². The van der Waals surface area contributed by atoms with Gasteiger partial charge in [0.05, 0.1) is 0 Å². The molecular formula is C5H4. The van der Waals surface area contributed by atoms with Gasteiger partial charge in [-0.25, -0.2) is 0 Å². The van der Waals surface area contributed by atoms with E-state index in [4.69, 9.17) is 0 Å². The van der Waals surface area contributed by atoms with E-state index in [9.17, 15) is 0 Å². The summed E-state index contributed by atoms with van der Waals surface area (Å²) in [7, 11) is 0. The Morgan fingerprint density at radius 3 is 2.80 bits per heavy atom. The summed E-state index contributed by atoms with van der Waals surface area (Å²) < 4.78 is 0. The standard InChI is InChI=1S/C5H4/c1-2-5-3-4(1)5/h1,4H,3H2. The average Bonchev–Trinajstić information content (AvgIpc) is 1.74. The highest BCUT2D eigenvalue weighted by atomic mass is 14.3. The molecule has 0 aromatic rings. The Morgan fingerprint density at radius 1 is 2.00 bits per heavy atom. The Kier molecular flexibility index (Phi) is 0.113. The highest BCUT2D eigenvalue weighted by molar-refractivity contribution is 5.37. The molecule has 0 amide bonds. The smallest absolute Gasteiger partial charge is 0.0172 e. The summed E-state index contributed by atoms with van der Waals surface area (Å²) in [6.45, 7) is 0. The molecule has 0 saturated heterocycles. The minimum absolute atomic E-state index is 0.912. The zero-order valence-corrected chi connectivity index (χ0v) is 2.86. The molecule has 0 aromatic carbocycles. The number of rotatable bonds is 0. The molecule has 1 atom stereocenters. The fraction of sp³-hybridized carbons (Fsp3) is 0.400. The van der Waals surface area contributed by atoms with Crippen LogP contribution in [0, 0.1) is 5.92 Å². The monoisotopic (exact) mass is 64.0 g/mol. The van der Waals surface area contributed by atoms with Crippen molar-refractivity contribution in [3.8, 4) is 0 Å². The molecule has 0 aliphatic heterocycles.